The molecule has 1 unspecified atom stereocenters. The molecule has 1 aromatic carbocycles. The fraction of sp³-hybridized carbons (Fsp3) is 0.647. The van der Waals surface area contributed by atoms with Gasteiger partial charge < -0.3 is 14.8 Å². The smallest absolute Gasteiger partial charge is 0.128 e. The monoisotopic (exact) mass is 309 g/mol. The maximum atomic E-state index is 6.14. The van der Waals surface area contributed by atoms with Crippen LogP contribution < -0.4 is 14.8 Å². The van der Waals surface area contributed by atoms with Crippen LogP contribution in [0.1, 0.15) is 45.7 Å². The van der Waals surface area contributed by atoms with Crippen LogP contribution in [0.25, 0.3) is 0 Å². The Bertz CT molecular complexity index is 462. The van der Waals surface area contributed by atoms with Gasteiger partial charge in [0.15, 0.2) is 0 Å². The maximum absolute atomic E-state index is 6.14. The Kier molecular flexibility index (Phi) is 5.82. The van der Waals surface area contributed by atoms with Gasteiger partial charge in [0.1, 0.15) is 17.1 Å². The third-order valence-electron chi connectivity index (χ3n) is 3.59. The molecule has 0 radical (unpaired) electrons. The number of ether oxygens (including phenoxy) is 2. The molecule has 1 aromatic rings. The first-order valence-electron chi connectivity index (χ1n) is 7.82. The number of fused-ring (bicyclic) bond motifs is 1. The second kappa shape index (κ2) is 7.41. The number of thioether (sulfide) groups is 1. The molecule has 0 saturated carbocycles. The van der Waals surface area contributed by atoms with E-state index in [2.05, 4.69) is 45.1 Å². The van der Waals surface area contributed by atoms with Gasteiger partial charge in [0, 0.05) is 29.8 Å². The van der Waals surface area contributed by atoms with Crippen molar-refractivity contribution in [1.82, 2.24) is 5.32 Å². The average Bonchev–Trinajstić information content (AvgIpc) is 2.42. The maximum Gasteiger partial charge on any atom is 0.128 e. The molecule has 118 valence electrons. The van der Waals surface area contributed by atoms with Crippen molar-refractivity contribution in [3.63, 3.8) is 0 Å². The Morgan fingerprint density at radius 1 is 1.38 bits per heavy atom. The summed E-state index contributed by atoms with van der Waals surface area (Å²) in [5, 5.41) is 3.55. The Morgan fingerprint density at radius 2 is 2.19 bits per heavy atom. The first kappa shape index (κ1) is 16.5. The number of nitrogens with one attached hydrogen (secondary N) is 1. The van der Waals surface area contributed by atoms with Crippen LogP contribution in [0.3, 0.4) is 0 Å². The summed E-state index contributed by atoms with van der Waals surface area (Å²) in [7, 11) is 0. The fourth-order valence-corrected chi connectivity index (χ4v) is 3.20. The van der Waals surface area contributed by atoms with E-state index in [1.165, 1.54) is 5.56 Å². The van der Waals surface area contributed by atoms with Crippen molar-refractivity contribution in [2.45, 2.75) is 45.8 Å². The molecule has 0 aliphatic carbocycles. The van der Waals surface area contributed by atoms with Gasteiger partial charge in [-0.15, -0.1) is 0 Å². The van der Waals surface area contributed by atoms with E-state index in [-0.39, 0.29) is 5.60 Å². The summed E-state index contributed by atoms with van der Waals surface area (Å²) in [5.74, 6) is 4.02. The van der Waals surface area contributed by atoms with Crippen molar-refractivity contribution in [1.29, 1.82) is 0 Å². The molecular formula is C17H27NO2S. The van der Waals surface area contributed by atoms with Crippen molar-refractivity contribution in [3.05, 3.63) is 23.8 Å². The predicted octanol–water partition coefficient (Wildman–Crippen LogP) is 4.03. The van der Waals surface area contributed by atoms with Crippen LogP contribution in [0.5, 0.6) is 11.5 Å². The van der Waals surface area contributed by atoms with E-state index in [0.29, 0.717) is 6.04 Å². The summed E-state index contributed by atoms with van der Waals surface area (Å²) in [4.78, 5) is 0. The normalized spacial score (nSPS) is 19.7. The number of hydrogen-bond acceptors (Lipinski definition) is 4. The van der Waals surface area contributed by atoms with E-state index in [4.69, 9.17) is 9.47 Å². The molecule has 0 fully saturated rings. The third kappa shape index (κ3) is 4.55. The van der Waals surface area contributed by atoms with Gasteiger partial charge >= 0.3 is 0 Å². The lowest BCUT2D eigenvalue weighted by atomic mass is 9.89. The van der Waals surface area contributed by atoms with Crippen LogP contribution in [0.15, 0.2) is 18.2 Å². The minimum Gasteiger partial charge on any atom is -0.493 e. The first-order valence-corrected chi connectivity index (χ1v) is 8.98. The second-order valence-corrected chi connectivity index (χ2v) is 7.32. The van der Waals surface area contributed by atoms with E-state index < -0.39 is 0 Å². The topological polar surface area (TPSA) is 30.5 Å². The van der Waals surface area contributed by atoms with Gasteiger partial charge in [-0.25, -0.2) is 0 Å². The quantitative estimate of drug-likeness (QED) is 0.770. The minimum atomic E-state index is -0.142. The molecule has 0 bridgehead atoms. The lowest BCUT2D eigenvalue weighted by molar-refractivity contribution is 0.0660. The summed E-state index contributed by atoms with van der Waals surface area (Å²) in [6, 6.07) is 6.59. The van der Waals surface area contributed by atoms with E-state index >= 15 is 0 Å². The molecule has 1 heterocycles. The molecule has 1 aliphatic rings. The molecule has 1 atom stereocenters. The Hall–Kier alpha value is -0.870. The molecule has 0 aromatic heterocycles. The fourth-order valence-electron chi connectivity index (χ4n) is 2.71. The van der Waals surface area contributed by atoms with Gasteiger partial charge in [-0.2, -0.15) is 11.8 Å². The van der Waals surface area contributed by atoms with Gasteiger partial charge in [-0.1, -0.05) is 19.9 Å². The molecule has 3 nitrogen and oxygen atoms in total. The van der Waals surface area contributed by atoms with Crippen LogP contribution in [0, 0.1) is 0 Å². The Labute approximate surface area is 132 Å². The number of rotatable bonds is 7. The molecule has 2 rings (SSSR count). The average molecular weight is 309 g/mol. The summed E-state index contributed by atoms with van der Waals surface area (Å²) >= 11 is 1.90. The SMILES string of the molecule is CCNC1CC(C)(C)Oc2cc(OCCSCC)ccc21. The van der Waals surface area contributed by atoms with Gasteiger partial charge in [0.2, 0.25) is 0 Å². The number of benzene rings is 1. The van der Waals surface area contributed by atoms with Crippen LogP contribution in [-0.2, 0) is 0 Å². The van der Waals surface area contributed by atoms with Crippen LogP contribution >= 0.6 is 11.8 Å². The zero-order valence-electron chi connectivity index (χ0n) is 13.6. The first-order chi connectivity index (χ1) is 10.1. The van der Waals surface area contributed by atoms with Crippen molar-refractivity contribution < 1.29 is 9.47 Å². The van der Waals surface area contributed by atoms with Gasteiger partial charge in [0.05, 0.1) is 6.61 Å². The van der Waals surface area contributed by atoms with Gasteiger partial charge in [-0.3, -0.25) is 0 Å². The summed E-state index contributed by atoms with van der Waals surface area (Å²) in [6.45, 7) is 10.3. The molecule has 1 N–H and O–H groups in total. The highest BCUT2D eigenvalue weighted by Gasteiger charge is 2.33. The summed E-state index contributed by atoms with van der Waals surface area (Å²) < 4.78 is 12.0. The molecule has 0 spiro atoms. The van der Waals surface area contributed by atoms with Crippen molar-refractivity contribution in [3.8, 4) is 11.5 Å². The zero-order valence-corrected chi connectivity index (χ0v) is 14.4. The minimum absolute atomic E-state index is 0.142. The largest absolute Gasteiger partial charge is 0.493 e. The molecule has 0 amide bonds. The highest BCUT2D eigenvalue weighted by Crippen LogP contribution is 2.41. The van der Waals surface area contributed by atoms with Crippen molar-refractivity contribution >= 4 is 11.8 Å². The predicted molar refractivity (Wildman–Crippen MR) is 90.7 cm³/mol. The lowest BCUT2D eigenvalue weighted by Gasteiger charge is -2.38. The van der Waals surface area contributed by atoms with Crippen LogP contribution in [0.4, 0.5) is 0 Å². The standard InChI is InChI=1S/C17H27NO2S/c1-5-18-15-12-17(3,4)20-16-11-13(7-8-14(15)16)19-9-10-21-6-2/h7-8,11,15,18H,5-6,9-10,12H2,1-4H3. The second-order valence-electron chi connectivity index (χ2n) is 5.92. The van der Waals surface area contributed by atoms with E-state index in [1.54, 1.807) is 0 Å². The van der Waals surface area contributed by atoms with Gasteiger partial charge in [0.25, 0.3) is 0 Å². The third-order valence-corrected chi connectivity index (χ3v) is 4.46. The van der Waals surface area contributed by atoms with E-state index in [1.807, 2.05) is 17.8 Å². The number of hydrogen-bond donors (Lipinski definition) is 1. The Balaban J connectivity index is 2.10. The summed E-state index contributed by atoms with van der Waals surface area (Å²) in [5.41, 5.74) is 1.10. The van der Waals surface area contributed by atoms with Crippen molar-refractivity contribution in [2.75, 3.05) is 24.7 Å². The summed E-state index contributed by atoms with van der Waals surface area (Å²) in [6.07, 6.45) is 0.987. The Morgan fingerprint density at radius 3 is 2.90 bits per heavy atom. The zero-order chi connectivity index (χ0) is 15.3. The van der Waals surface area contributed by atoms with Crippen LogP contribution in [-0.4, -0.2) is 30.3 Å². The molecule has 4 heteroatoms. The highest BCUT2D eigenvalue weighted by atomic mass is 32.2. The highest BCUT2D eigenvalue weighted by molar-refractivity contribution is 7.99. The molecule has 1 aliphatic heterocycles. The molecule has 0 saturated heterocycles. The van der Waals surface area contributed by atoms with Crippen LogP contribution in [0.2, 0.25) is 0 Å². The van der Waals surface area contributed by atoms with Crippen molar-refractivity contribution in [2.24, 2.45) is 0 Å². The molecular weight excluding hydrogens is 282 g/mol. The van der Waals surface area contributed by atoms with Gasteiger partial charge in [-0.05, 0) is 32.2 Å². The van der Waals surface area contributed by atoms with E-state index in [9.17, 15) is 0 Å². The van der Waals surface area contributed by atoms with E-state index in [0.717, 1.165) is 42.6 Å². The molecule has 21 heavy (non-hydrogen) atoms. The lowest BCUT2D eigenvalue weighted by Crippen LogP contribution is -2.39.